The number of fused-ring (bicyclic) bond motifs is 1. The molecule has 0 aliphatic carbocycles. The Bertz CT molecular complexity index is 1140. The average molecular weight is 362 g/mol. The molecule has 0 saturated carbocycles. The molecule has 0 aliphatic rings. The fourth-order valence-corrected chi connectivity index (χ4v) is 2.86. The Morgan fingerprint density at radius 3 is 2.89 bits per heavy atom. The predicted octanol–water partition coefficient (Wildman–Crippen LogP) is 3.15. The SMILES string of the molecule is Nc1ncnc(Nc2ccc3c(cnn3Cc3cccc(F)c3)c2)c1C=O. The van der Waals surface area contributed by atoms with Crippen molar-refractivity contribution in [3.63, 3.8) is 0 Å². The number of rotatable bonds is 5. The van der Waals surface area contributed by atoms with Gasteiger partial charge in [0.2, 0.25) is 0 Å². The van der Waals surface area contributed by atoms with E-state index in [0.29, 0.717) is 18.6 Å². The van der Waals surface area contributed by atoms with Crippen LogP contribution in [0.4, 0.5) is 21.7 Å². The van der Waals surface area contributed by atoms with E-state index in [4.69, 9.17) is 5.73 Å². The fraction of sp³-hybridized carbons (Fsp3) is 0.0526. The molecule has 0 fully saturated rings. The predicted molar refractivity (Wildman–Crippen MR) is 100 cm³/mol. The summed E-state index contributed by atoms with van der Waals surface area (Å²) >= 11 is 0. The van der Waals surface area contributed by atoms with E-state index in [1.165, 1.54) is 18.5 Å². The lowest BCUT2D eigenvalue weighted by molar-refractivity contribution is 0.112. The van der Waals surface area contributed by atoms with Gasteiger partial charge in [0.1, 0.15) is 23.8 Å². The highest BCUT2D eigenvalue weighted by atomic mass is 19.1. The van der Waals surface area contributed by atoms with E-state index in [0.717, 1.165) is 22.2 Å². The second kappa shape index (κ2) is 6.83. The van der Waals surface area contributed by atoms with Crippen molar-refractivity contribution < 1.29 is 9.18 Å². The highest BCUT2D eigenvalue weighted by Crippen LogP contribution is 2.24. The summed E-state index contributed by atoms with van der Waals surface area (Å²) < 4.78 is 15.2. The smallest absolute Gasteiger partial charge is 0.157 e. The second-order valence-electron chi connectivity index (χ2n) is 5.97. The lowest BCUT2D eigenvalue weighted by Gasteiger charge is -2.09. The van der Waals surface area contributed by atoms with Crippen molar-refractivity contribution in [2.75, 3.05) is 11.1 Å². The number of nitrogens with zero attached hydrogens (tertiary/aromatic N) is 4. The summed E-state index contributed by atoms with van der Waals surface area (Å²) in [5.74, 6) is 0.182. The summed E-state index contributed by atoms with van der Waals surface area (Å²) in [6, 6.07) is 12.1. The van der Waals surface area contributed by atoms with E-state index in [1.807, 2.05) is 24.3 Å². The number of halogens is 1. The first-order valence-electron chi connectivity index (χ1n) is 8.17. The number of hydrogen-bond acceptors (Lipinski definition) is 6. The Labute approximate surface area is 153 Å². The highest BCUT2D eigenvalue weighted by Gasteiger charge is 2.10. The molecule has 7 nitrogen and oxygen atoms in total. The van der Waals surface area contributed by atoms with E-state index >= 15 is 0 Å². The number of aromatic nitrogens is 4. The number of aldehydes is 1. The van der Waals surface area contributed by atoms with E-state index < -0.39 is 0 Å². The van der Waals surface area contributed by atoms with Crippen molar-refractivity contribution in [2.45, 2.75) is 6.54 Å². The maximum atomic E-state index is 13.4. The third-order valence-corrected chi connectivity index (χ3v) is 4.16. The molecular formula is C19H15FN6O. The molecule has 27 heavy (non-hydrogen) atoms. The largest absolute Gasteiger partial charge is 0.383 e. The van der Waals surface area contributed by atoms with Gasteiger partial charge < -0.3 is 11.1 Å². The number of hydrogen-bond donors (Lipinski definition) is 2. The number of carbonyl (C=O) groups is 1. The Morgan fingerprint density at radius 2 is 2.07 bits per heavy atom. The summed E-state index contributed by atoms with van der Waals surface area (Å²) in [4.78, 5) is 19.1. The van der Waals surface area contributed by atoms with E-state index in [2.05, 4.69) is 20.4 Å². The molecule has 0 unspecified atom stereocenters. The number of anilines is 3. The molecule has 0 radical (unpaired) electrons. The minimum absolute atomic E-state index is 0.117. The fourth-order valence-electron chi connectivity index (χ4n) is 2.86. The van der Waals surface area contributed by atoms with Gasteiger partial charge in [-0.3, -0.25) is 9.48 Å². The van der Waals surface area contributed by atoms with Crippen LogP contribution in [0.2, 0.25) is 0 Å². The van der Waals surface area contributed by atoms with Crippen LogP contribution in [0.25, 0.3) is 10.9 Å². The summed E-state index contributed by atoms with van der Waals surface area (Å²) in [6.07, 6.45) is 3.64. The minimum Gasteiger partial charge on any atom is -0.383 e. The normalized spacial score (nSPS) is 10.9. The van der Waals surface area contributed by atoms with Crippen LogP contribution in [0.1, 0.15) is 15.9 Å². The van der Waals surface area contributed by atoms with Gasteiger partial charge in [0.25, 0.3) is 0 Å². The van der Waals surface area contributed by atoms with Crippen LogP contribution in [0.5, 0.6) is 0 Å². The number of carbonyl (C=O) groups excluding carboxylic acids is 1. The molecule has 8 heteroatoms. The van der Waals surface area contributed by atoms with Crippen molar-refractivity contribution in [3.8, 4) is 0 Å². The number of nitrogens with two attached hydrogens (primary N) is 1. The molecule has 2 heterocycles. The maximum absolute atomic E-state index is 13.4. The van der Waals surface area contributed by atoms with Gasteiger partial charge in [-0.1, -0.05) is 12.1 Å². The summed E-state index contributed by atoms with van der Waals surface area (Å²) in [5, 5.41) is 8.35. The zero-order valence-electron chi connectivity index (χ0n) is 14.1. The lowest BCUT2D eigenvalue weighted by atomic mass is 10.2. The van der Waals surface area contributed by atoms with Crippen molar-refractivity contribution in [1.82, 2.24) is 19.7 Å². The quantitative estimate of drug-likeness (QED) is 0.529. The van der Waals surface area contributed by atoms with Crippen LogP contribution in [0, 0.1) is 5.82 Å². The van der Waals surface area contributed by atoms with E-state index in [1.54, 1.807) is 16.9 Å². The third-order valence-electron chi connectivity index (χ3n) is 4.16. The van der Waals surface area contributed by atoms with Gasteiger partial charge in [0, 0.05) is 11.1 Å². The Balaban J connectivity index is 1.63. The molecule has 0 amide bonds. The first-order chi connectivity index (χ1) is 13.1. The van der Waals surface area contributed by atoms with Gasteiger partial charge >= 0.3 is 0 Å². The van der Waals surface area contributed by atoms with Gasteiger partial charge in [0.15, 0.2) is 6.29 Å². The van der Waals surface area contributed by atoms with Crippen LogP contribution < -0.4 is 11.1 Å². The first kappa shape index (κ1) is 16.6. The standard InChI is InChI=1S/C19H15FN6O/c20-14-3-1-2-12(6-14)9-26-17-5-4-15(7-13(17)8-24-26)25-19-16(10-27)18(21)22-11-23-19/h1-8,10-11H,9H2,(H3,21,22,23,25). The maximum Gasteiger partial charge on any atom is 0.157 e. The Morgan fingerprint density at radius 1 is 1.19 bits per heavy atom. The summed E-state index contributed by atoms with van der Waals surface area (Å²) in [5.41, 5.74) is 8.37. The number of nitrogen functional groups attached to an aromatic ring is 1. The van der Waals surface area contributed by atoms with Crippen LogP contribution in [-0.4, -0.2) is 26.0 Å². The van der Waals surface area contributed by atoms with Gasteiger partial charge in [-0.2, -0.15) is 5.10 Å². The second-order valence-corrected chi connectivity index (χ2v) is 5.97. The van der Waals surface area contributed by atoms with E-state index in [9.17, 15) is 9.18 Å². The monoisotopic (exact) mass is 362 g/mol. The molecule has 4 rings (SSSR count). The number of benzene rings is 2. The summed E-state index contributed by atoms with van der Waals surface area (Å²) in [7, 11) is 0. The van der Waals surface area contributed by atoms with E-state index in [-0.39, 0.29) is 17.2 Å². The number of nitrogens with one attached hydrogen (secondary N) is 1. The molecule has 2 aromatic carbocycles. The molecule has 0 saturated heterocycles. The Kier molecular flexibility index (Phi) is 4.21. The van der Waals surface area contributed by atoms with Crippen molar-refractivity contribution >= 4 is 34.5 Å². The first-order valence-corrected chi connectivity index (χ1v) is 8.17. The molecule has 0 atom stereocenters. The van der Waals surface area contributed by atoms with Gasteiger partial charge in [-0.05, 0) is 35.9 Å². The van der Waals surface area contributed by atoms with Gasteiger partial charge in [0.05, 0.1) is 23.8 Å². The van der Waals surface area contributed by atoms with Crippen molar-refractivity contribution in [2.24, 2.45) is 0 Å². The van der Waals surface area contributed by atoms with Gasteiger partial charge in [-0.25, -0.2) is 14.4 Å². The van der Waals surface area contributed by atoms with Crippen molar-refractivity contribution in [1.29, 1.82) is 0 Å². The molecule has 4 aromatic rings. The molecule has 0 spiro atoms. The molecule has 134 valence electrons. The van der Waals surface area contributed by atoms with Crippen LogP contribution in [-0.2, 0) is 6.54 Å². The average Bonchev–Trinajstić information content (AvgIpc) is 3.04. The van der Waals surface area contributed by atoms with Crippen molar-refractivity contribution in [3.05, 3.63) is 71.9 Å². The van der Waals surface area contributed by atoms with Crippen LogP contribution >= 0.6 is 0 Å². The Hall–Kier alpha value is -3.81. The molecule has 0 aliphatic heterocycles. The van der Waals surface area contributed by atoms with Crippen LogP contribution in [0.3, 0.4) is 0 Å². The van der Waals surface area contributed by atoms with Gasteiger partial charge in [-0.15, -0.1) is 0 Å². The van der Waals surface area contributed by atoms with Crippen LogP contribution in [0.15, 0.2) is 55.0 Å². The molecule has 0 bridgehead atoms. The zero-order chi connectivity index (χ0) is 18.8. The zero-order valence-corrected chi connectivity index (χ0v) is 14.1. The summed E-state index contributed by atoms with van der Waals surface area (Å²) in [6.45, 7) is 0.464. The lowest BCUT2D eigenvalue weighted by Crippen LogP contribution is -2.04. The third kappa shape index (κ3) is 3.32. The topological polar surface area (TPSA) is 98.7 Å². The minimum atomic E-state index is -0.273. The molecule has 2 aromatic heterocycles. The molecular weight excluding hydrogens is 347 g/mol. The molecule has 3 N–H and O–H groups in total. The highest BCUT2D eigenvalue weighted by molar-refractivity contribution is 5.90.